The Bertz CT molecular complexity index is 618. The maximum absolute atomic E-state index is 13.2. The van der Waals surface area contributed by atoms with Crippen molar-refractivity contribution in [2.75, 3.05) is 5.32 Å². The van der Waals surface area contributed by atoms with Gasteiger partial charge in [0.1, 0.15) is 11.6 Å². The molecule has 1 nitrogen and oxygen atoms in total. The zero-order valence-electron chi connectivity index (χ0n) is 11.4. The summed E-state index contributed by atoms with van der Waals surface area (Å²) in [6, 6.07) is 11.9. The van der Waals surface area contributed by atoms with Crippen molar-refractivity contribution in [3.8, 4) is 0 Å². The molecule has 0 aromatic heterocycles. The van der Waals surface area contributed by atoms with Crippen LogP contribution in [0.5, 0.6) is 0 Å². The number of benzene rings is 2. The Labute approximate surface area is 117 Å². The van der Waals surface area contributed by atoms with Crippen LogP contribution in [0.3, 0.4) is 0 Å². The van der Waals surface area contributed by atoms with Crippen molar-refractivity contribution >= 4 is 5.69 Å². The summed E-state index contributed by atoms with van der Waals surface area (Å²) in [6.07, 6.45) is 1.92. The van der Waals surface area contributed by atoms with Crippen LogP contribution in [-0.4, -0.2) is 6.04 Å². The van der Waals surface area contributed by atoms with Gasteiger partial charge in [-0.3, -0.25) is 0 Å². The Morgan fingerprint density at radius 1 is 1.00 bits per heavy atom. The van der Waals surface area contributed by atoms with Gasteiger partial charge >= 0.3 is 0 Å². The first-order valence-electron chi connectivity index (χ1n) is 6.90. The van der Waals surface area contributed by atoms with Gasteiger partial charge in [0, 0.05) is 11.7 Å². The molecule has 0 saturated heterocycles. The summed E-state index contributed by atoms with van der Waals surface area (Å²) >= 11 is 0. The summed E-state index contributed by atoms with van der Waals surface area (Å²) < 4.78 is 26.4. The normalized spacial score (nSPS) is 21.4. The van der Waals surface area contributed by atoms with Crippen molar-refractivity contribution in [2.45, 2.75) is 31.7 Å². The average Bonchev–Trinajstić information content (AvgIpc) is 2.37. The van der Waals surface area contributed by atoms with Crippen LogP contribution in [0, 0.1) is 18.6 Å². The zero-order chi connectivity index (χ0) is 14.1. The largest absolute Gasteiger partial charge is 0.382 e. The highest BCUT2D eigenvalue weighted by Crippen LogP contribution is 2.39. The third kappa shape index (κ3) is 2.67. The van der Waals surface area contributed by atoms with Crippen molar-refractivity contribution < 1.29 is 8.78 Å². The summed E-state index contributed by atoms with van der Waals surface area (Å²) in [5, 5.41) is 3.37. The van der Waals surface area contributed by atoms with Gasteiger partial charge in [0.25, 0.3) is 0 Å². The maximum atomic E-state index is 13.2. The second kappa shape index (κ2) is 5.23. The average molecular weight is 273 g/mol. The summed E-state index contributed by atoms with van der Waals surface area (Å²) in [6.45, 7) is 1.96. The van der Waals surface area contributed by atoms with Crippen LogP contribution in [0.15, 0.2) is 42.5 Å². The Balaban J connectivity index is 1.62. The van der Waals surface area contributed by atoms with Crippen molar-refractivity contribution in [3.63, 3.8) is 0 Å². The number of halogens is 2. The first-order valence-corrected chi connectivity index (χ1v) is 6.90. The van der Waals surface area contributed by atoms with Gasteiger partial charge in [-0.15, -0.1) is 0 Å². The van der Waals surface area contributed by atoms with E-state index in [1.807, 2.05) is 13.0 Å². The van der Waals surface area contributed by atoms with E-state index >= 15 is 0 Å². The molecule has 1 fully saturated rings. The second-order valence-electron chi connectivity index (χ2n) is 5.52. The topological polar surface area (TPSA) is 12.0 Å². The minimum absolute atomic E-state index is 0.181. The number of hydrogen-bond donors (Lipinski definition) is 1. The molecule has 2 aromatic rings. The van der Waals surface area contributed by atoms with E-state index in [2.05, 4.69) is 5.32 Å². The highest BCUT2D eigenvalue weighted by Gasteiger charge is 2.30. The molecule has 0 spiro atoms. The van der Waals surface area contributed by atoms with Gasteiger partial charge in [-0.25, -0.2) is 8.78 Å². The molecular formula is C17H17F2N. The van der Waals surface area contributed by atoms with E-state index in [0.29, 0.717) is 12.0 Å². The van der Waals surface area contributed by atoms with Crippen LogP contribution in [0.4, 0.5) is 14.5 Å². The fourth-order valence-corrected chi connectivity index (χ4v) is 2.74. The lowest BCUT2D eigenvalue weighted by atomic mass is 9.75. The predicted octanol–water partition coefficient (Wildman–Crippen LogP) is 4.63. The minimum atomic E-state index is -0.223. The van der Waals surface area contributed by atoms with Gasteiger partial charge in [0.15, 0.2) is 0 Å². The Kier molecular flexibility index (Phi) is 3.43. The first-order chi connectivity index (χ1) is 9.61. The maximum Gasteiger partial charge on any atom is 0.125 e. The fraction of sp³-hybridized carbons (Fsp3) is 0.294. The van der Waals surface area contributed by atoms with Crippen LogP contribution >= 0.6 is 0 Å². The molecule has 2 aromatic carbocycles. The first kappa shape index (κ1) is 13.1. The monoisotopic (exact) mass is 273 g/mol. The summed E-state index contributed by atoms with van der Waals surface area (Å²) in [5.41, 5.74) is 2.95. The van der Waals surface area contributed by atoms with Crippen LogP contribution in [0.25, 0.3) is 0 Å². The molecule has 1 saturated carbocycles. The van der Waals surface area contributed by atoms with Crippen molar-refractivity contribution in [1.29, 1.82) is 0 Å². The SMILES string of the molecule is Cc1ccc(F)cc1NC1CC(c2cccc(F)c2)C1. The van der Waals surface area contributed by atoms with Gasteiger partial charge in [0.05, 0.1) is 0 Å². The van der Waals surface area contributed by atoms with E-state index in [9.17, 15) is 8.78 Å². The molecule has 3 heteroatoms. The quantitative estimate of drug-likeness (QED) is 0.859. The van der Waals surface area contributed by atoms with Gasteiger partial charge in [-0.2, -0.15) is 0 Å². The molecule has 0 aliphatic heterocycles. The van der Waals surface area contributed by atoms with Crippen molar-refractivity contribution in [2.24, 2.45) is 0 Å². The van der Waals surface area contributed by atoms with Gasteiger partial charge in [-0.05, 0) is 61.1 Å². The molecule has 0 heterocycles. The smallest absolute Gasteiger partial charge is 0.125 e. The van der Waals surface area contributed by atoms with Crippen LogP contribution < -0.4 is 5.32 Å². The van der Waals surface area contributed by atoms with E-state index in [0.717, 1.165) is 29.7 Å². The Hall–Kier alpha value is -1.90. The molecule has 3 rings (SSSR count). The standard InChI is InChI=1S/C17H17F2N/c1-11-5-6-15(19)10-17(11)20-16-8-13(9-16)12-3-2-4-14(18)7-12/h2-7,10,13,16,20H,8-9H2,1H3. The van der Waals surface area contributed by atoms with Crippen LogP contribution in [0.2, 0.25) is 0 Å². The molecular weight excluding hydrogens is 256 g/mol. The lowest BCUT2D eigenvalue weighted by Gasteiger charge is -2.37. The van der Waals surface area contributed by atoms with E-state index in [1.54, 1.807) is 18.2 Å². The molecule has 0 radical (unpaired) electrons. The molecule has 20 heavy (non-hydrogen) atoms. The Morgan fingerprint density at radius 2 is 1.75 bits per heavy atom. The molecule has 0 bridgehead atoms. The van der Waals surface area contributed by atoms with E-state index in [1.165, 1.54) is 18.2 Å². The third-order valence-corrected chi connectivity index (χ3v) is 4.02. The lowest BCUT2D eigenvalue weighted by Crippen LogP contribution is -2.34. The summed E-state index contributed by atoms with van der Waals surface area (Å²) in [5.74, 6) is -0.00365. The van der Waals surface area contributed by atoms with E-state index in [-0.39, 0.29) is 11.6 Å². The van der Waals surface area contributed by atoms with Crippen molar-refractivity contribution in [3.05, 3.63) is 65.2 Å². The van der Waals surface area contributed by atoms with Gasteiger partial charge < -0.3 is 5.32 Å². The van der Waals surface area contributed by atoms with Crippen LogP contribution in [0.1, 0.15) is 29.9 Å². The summed E-state index contributed by atoms with van der Waals surface area (Å²) in [7, 11) is 0. The van der Waals surface area contributed by atoms with Crippen molar-refractivity contribution in [1.82, 2.24) is 0 Å². The summed E-state index contributed by atoms with van der Waals surface area (Å²) in [4.78, 5) is 0. The lowest BCUT2D eigenvalue weighted by molar-refractivity contribution is 0.373. The number of aryl methyl sites for hydroxylation is 1. The zero-order valence-corrected chi connectivity index (χ0v) is 11.4. The number of hydrogen-bond acceptors (Lipinski definition) is 1. The number of nitrogens with one attached hydrogen (secondary N) is 1. The Morgan fingerprint density at radius 3 is 2.50 bits per heavy atom. The molecule has 1 aliphatic rings. The second-order valence-corrected chi connectivity index (χ2v) is 5.52. The molecule has 0 atom stereocenters. The minimum Gasteiger partial charge on any atom is -0.382 e. The van der Waals surface area contributed by atoms with E-state index < -0.39 is 0 Å². The number of rotatable bonds is 3. The molecule has 0 unspecified atom stereocenters. The molecule has 104 valence electrons. The van der Waals surface area contributed by atoms with Gasteiger partial charge in [0.2, 0.25) is 0 Å². The van der Waals surface area contributed by atoms with E-state index in [4.69, 9.17) is 0 Å². The fourth-order valence-electron chi connectivity index (χ4n) is 2.74. The molecule has 0 amide bonds. The molecule has 1 N–H and O–H groups in total. The van der Waals surface area contributed by atoms with Gasteiger partial charge in [-0.1, -0.05) is 18.2 Å². The highest BCUT2D eigenvalue weighted by molar-refractivity contribution is 5.52. The highest BCUT2D eigenvalue weighted by atomic mass is 19.1. The third-order valence-electron chi connectivity index (χ3n) is 4.02. The molecule has 1 aliphatic carbocycles. The number of anilines is 1. The van der Waals surface area contributed by atoms with Crippen LogP contribution in [-0.2, 0) is 0 Å². The predicted molar refractivity (Wildman–Crippen MR) is 76.9 cm³/mol.